The molecule has 1 heterocycles. The molecule has 4 aromatic rings. The summed E-state index contributed by atoms with van der Waals surface area (Å²) in [6.45, 7) is 2.49. The van der Waals surface area contributed by atoms with Crippen molar-refractivity contribution in [2.24, 2.45) is 0 Å². The van der Waals surface area contributed by atoms with Gasteiger partial charge in [-0.1, -0.05) is 59.6 Å². The van der Waals surface area contributed by atoms with Gasteiger partial charge < -0.3 is 15.1 Å². The van der Waals surface area contributed by atoms with Crippen molar-refractivity contribution in [3.05, 3.63) is 106 Å². The van der Waals surface area contributed by atoms with Gasteiger partial charge in [0.1, 0.15) is 0 Å². The van der Waals surface area contributed by atoms with Crippen molar-refractivity contribution in [2.75, 3.05) is 36.4 Å². The van der Waals surface area contributed by atoms with E-state index in [1.165, 1.54) is 0 Å². The maximum atomic E-state index is 13.1. The minimum atomic E-state index is -0.317. The molecule has 1 fully saturated rings. The average Bonchev–Trinajstić information content (AvgIpc) is 2.93. The minimum Gasteiger partial charge on any atom is -0.366 e. The van der Waals surface area contributed by atoms with Crippen LogP contribution in [-0.2, 0) is 0 Å². The van der Waals surface area contributed by atoms with Crippen LogP contribution < -0.4 is 15.5 Å². The van der Waals surface area contributed by atoms with E-state index < -0.39 is 0 Å². The molecule has 5 rings (SSSR count). The number of hydrogen-bond acceptors (Lipinski definition) is 4. The fourth-order valence-electron chi connectivity index (χ4n) is 4.57. The van der Waals surface area contributed by atoms with Crippen LogP contribution in [0.25, 0.3) is 10.8 Å². The second-order valence-corrected chi connectivity index (χ2v) is 10.1. The normalized spacial score (nSPS) is 13.3. The van der Waals surface area contributed by atoms with Crippen molar-refractivity contribution in [1.29, 1.82) is 0 Å². The van der Waals surface area contributed by atoms with Gasteiger partial charge in [-0.15, -0.1) is 0 Å². The standard InChI is InChI=1S/C29H24Cl2N4O2S/c30-20-13-11-19(12-14-20)28(37)35-17-15-34(16-18-35)26-10-2-1-9-25(26)32-29(38)33-27(36)23-7-3-6-22-21(23)5-4-8-24(22)31/h1-14H,15-18H2,(H2,32,33,36,38). The predicted molar refractivity (Wildman–Crippen MR) is 159 cm³/mol. The van der Waals surface area contributed by atoms with E-state index in [-0.39, 0.29) is 16.9 Å². The van der Waals surface area contributed by atoms with Crippen LogP contribution in [0.15, 0.2) is 84.9 Å². The molecule has 0 radical (unpaired) electrons. The van der Waals surface area contributed by atoms with Crippen molar-refractivity contribution >= 4 is 74.5 Å². The van der Waals surface area contributed by atoms with Gasteiger partial charge in [-0.3, -0.25) is 14.9 Å². The molecule has 0 aliphatic carbocycles. The summed E-state index contributed by atoms with van der Waals surface area (Å²) in [7, 11) is 0. The molecule has 2 amide bonds. The van der Waals surface area contributed by atoms with E-state index in [4.69, 9.17) is 35.4 Å². The number of carbonyl (C=O) groups is 2. The fourth-order valence-corrected chi connectivity index (χ4v) is 5.14. The highest BCUT2D eigenvalue weighted by Crippen LogP contribution is 2.28. The molecule has 4 aromatic carbocycles. The topological polar surface area (TPSA) is 64.7 Å². The SMILES string of the molecule is O=C(NC(=S)Nc1ccccc1N1CCN(C(=O)c2ccc(Cl)cc2)CC1)c1cccc2c(Cl)cccc12. The Kier molecular flexibility index (Phi) is 7.79. The molecule has 1 aliphatic heterocycles. The number of thiocarbonyl (C=S) groups is 1. The largest absolute Gasteiger partial charge is 0.366 e. The third kappa shape index (κ3) is 5.60. The smallest absolute Gasteiger partial charge is 0.258 e. The molecule has 38 heavy (non-hydrogen) atoms. The Morgan fingerprint density at radius 3 is 2.21 bits per heavy atom. The van der Waals surface area contributed by atoms with Gasteiger partial charge in [-0.05, 0) is 66.1 Å². The second-order valence-electron chi connectivity index (χ2n) is 8.85. The summed E-state index contributed by atoms with van der Waals surface area (Å²) in [5.41, 5.74) is 2.83. The lowest BCUT2D eigenvalue weighted by Crippen LogP contribution is -2.49. The number of amides is 2. The van der Waals surface area contributed by atoms with Gasteiger partial charge in [-0.25, -0.2) is 0 Å². The van der Waals surface area contributed by atoms with E-state index in [1.807, 2.05) is 47.4 Å². The first kappa shape index (κ1) is 26.0. The molecule has 192 valence electrons. The number of nitrogens with zero attached hydrogens (tertiary/aromatic N) is 2. The number of anilines is 2. The molecular weight excluding hydrogens is 539 g/mol. The number of carbonyl (C=O) groups excluding carboxylic acids is 2. The number of benzene rings is 4. The van der Waals surface area contributed by atoms with Crippen LogP contribution in [0.2, 0.25) is 10.0 Å². The maximum Gasteiger partial charge on any atom is 0.258 e. The lowest BCUT2D eigenvalue weighted by molar-refractivity contribution is 0.0746. The predicted octanol–water partition coefficient (Wildman–Crippen LogP) is 6.24. The van der Waals surface area contributed by atoms with Gasteiger partial charge in [-0.2, -0.15) is 0 Å². The number of rotatable bonds is 4. The van der Waals surface area contributed by atoms with Crippen molar-refractivity contribution in [2.45, 2.75) is 0 Å². The molecular formula is C29H24Cl2N4O2S. The first-order valence-electron chi connectivity index (χ1n) is 12.1. The van der Waals surface area contributed by atoms with Crippen molar-refractivity contribution in [3.8, 4) is 0 Å². The Morgan fingerprint density at radius 1 is 0.763 bits per heavy atom. The van der Waals surface area contributed by atoms with Crippen molar-refractivity contribution in [1.82, 2.24) is 10.2 Å². The van der Waals surface area contributed by atoms with Gasteiger partial charge in [0.05, 0.1) is 11.4 Å². The first-order chi connectivity index (χ1) is 18.4. The molecule has 0 aromatic heterocycles. The summed E-state index contributed by atoms with van der Waals surface area (Å²) in [4.78, 5) is 30.0. The van der Waals surface area contributed by atoms with Crippen LogP contribution in [0, 0.1) is 0 Å². The number of para-hydroxylation sites is 2. The lowest BCUT2D eigenvalue weighted by atomic mass is 10.0. The summed E-state index contributed by atoms with van der Waals surface area (Å²) >= 11 is 17.7. The highest BCUT2D eigenvalue weighted by atomic mass is 35.5. The molecule has 0 spiro atoms. The Hall–Kier alpha value is -3.65. The summed E-state index contributed by atoms with van der Waals surface area (Å²) in [6, 6.07) is 25.6. The Labute approximate surface area is 236 Å². The number of hydrogen-bond donors (Lipinski definition) is 2. The third-order valence-electron chi connectivity index (χ3n) is 6.49. The van der Waals surface area contributed by atoms with Crippen LogP contribution in [-0.4, -0.2) is 48.0 Å². The van der Waals surface area contributed by atoms with Crippen LogP contribution in [0.3, 0.4) is 0 Å². The molecule has 0 atom stereocenters. The first-order valence-corrected chi connectivity index (χ1v) is 13.3. The van der Waals surface area contributed by atoms with E-state index >= 15 is 0 Å². The average molecular weight is 564 g/mol. The zero-order valence-electron chi connectivity index (χ0n) is 20.3. The summed E-state index contributed by atoms with van der Waals surface area (Å²) in [5, 5.41) is 8.90. The van der Waals surface area contributed by atoms with E-state index in [0.717, 1.165) is 22.1 Å². The van der Waals surface area contributed by atoms with Gasteiger partial charge >= 0.3 is 0 Å². The number of fused-ring (bicyclic) bond motifs is 1. The highest BCUT2D eigenvalue weighted by molar-refractivity contribution is 7.80. The Balaban J connectivity index is 1.24. The molecule has 0 saturated carbocycles. The molecule has 0 unspecified atom stereocenters. The highest BCUT2D eigenvalue weighted by Gasteiger charge is 2.24. The summed E-state index contributed by atoms with van der Waals surface area (Å²) in [6.07, 6.45) is 0. The number of halogens is 2. The van der Waals surface area contributed by atoms with E-state index in [1.54, 1.807) is 42.5 Å². The Bertz CT molecular complexity index is 1520. The Morgan fingerprint density at radius 2 is 1.45 bits per heavy atom. The third-order valence-corrected chi connectivity index (χ3v) is 7.28. The second kappa shape index (κ2) is 11.4. The van der Waals surface area contributed by atoms with Crippen LogP contribution in [0.1, 0.15) is 20.7 Å². The molecule has 2 N–H and O–H groups in total. The monoisotopic (exact) mass is 562 g/mol. The minimum absolute atomic E-state index is 0.00802. The zero-order chi connectivity index (χ0) is 26.6. The molecule has 9 heteroatoms. The van der Waals surface area contributed by atoms with Crippen LogP contribution in [0.5, 0.6) is 0 Å². The summed E-state index contributed by atoms with van der Waals surface area (Å²) in [5.74, 6) is -0.325. The molecule has 1 saturated heterocycles. The van der Waals surface area contributed by atoms with Gasteiger partial charge in [0.25, 0.3) is 11.8 Å². The number of piperazine rings is 1. The van der Waals surface area contributed by atoms with Crippen molar-refractivity contribution < 1.29 is 9.59 Å². The maximum absolute atomic E-state index is 13.1. The van der Waals surface area contributed by atoms with Gasteiger partial charge in [0, 0.05) is 52.7 Å². The summed E-state index contributed by atoms with van der Waals surface area (Å²) < 4.78 is 0. The van der Waals surface area contributed by atoms with Crippen LogP contribution in [0.4, 0.5) is 11.4 Å². The lowest BCUT2D eigenvalue weighted by Gasteiger charge is -2.37. The van der Waals surface area contributed by atoms with E-state index in [0.29, 0.717) is 47.4 Å². The molecule has 0 bridgehead atoms. The van der Waals surface area contributed by atoms with Gasteiger partial charge in [0.2, 0.25) is 0 Å². The van der Waals surface area contributed by atoms with E-state index in [2.05, 4.69) is 15.5 Å². The zero-order valence-corrected chi connectivity index (χ0v) is 22.6. The number of nitrogens with one attached hydrogen (secondary N) is 2. The fraction of sp³-hybridized carbons (Fsp3) is 0.138. The molecule has 1 aliphatic rings. The van der Waals surface area contributed by atoms with Gasteiger partial charge in [0.15, 0.2) is 5.11 Å². The quantitative estimate of drug-likeness (QED) is 0.288. The molecule has 6 nitrogen and oxygen atoms in total. The van der Waals surface area contributed by atoms with Crippen molar-refractivity contribution in [3.63, 3.8) is 0 Å². The van der Waals surface area contributed by atoms with E-state index in [9.17, 15) is 9.59 Å². The van der Waals surface area contributed by atoms with Crippen LogP contribution >= 0.6 is 35.4 Å².